The monoisotopic (exact) mass is 293 g/mol. The van der Waals surface area contributed by atoms with Crippen molar-refractivity contribution in [3.8, 4) is 11.5 Å². The van der Waals surface area contributed by atoms with Gasteiger partial charge in [-0.1, -0.05) is 24.2 Å². The number of benzene rings is 1. The van der Waals surface area contributed by atoms with Crippen molar-refractivity contribution in [1.29, 1.82) is 0 Å². The summed E-state index contributed by atoms with van der Waals surface area (Å²) in [6.45, 7) is 6.34. The number of hydrogen-bond acceptors (Lipinski definition) is 5. The number of aryl methyl sites for hydroxylation is 1. The van der Waals surface area contributed by atoms with E-state index in [-0.39, 0.29) is 23.9 Å². The van der Waals surface area contributed by atoms with E-state index in [0.717, 1.165) is 6.42 Å². The molecule has 6 heteroatoms. The Morgan fingerprint density at radius 2 is 2.19 bits per heavy atom. The van der Waals surface area contributed by atoms with Gasteiger partial charge in [-0.05, 0) is 31.9 Å². The van der Waals surface area contributed by atoms with Crippen molar-refractivity contribution >= 4 is 0 Å². The minimum Gasteiger partial charge on any atom is -0.379 e. The summed E-state index contributed by atoms with van der Waals surface area (Å²) < 4.78 is 24.6. The molecule has 21 heavy (non-hydrogen) atoms. The third-order valence-corrected chi connectivity index (χ3v) is 3.11. The summed E-state index contributed by atoms with van der Waals surface area (Å²) in [5.74, 6) is 0.0570. The van der Waals surface area contributed by atoms with E-state index in [1.807, 2.05) is 6.92 Å². The van der Waals surface area contributed by atoms with E-state index >= 15 is 0 Å². The van der Waals surface area contributed by atoms with Gasteiger partial charge in [0.05, 0.1) is 12.2 Å². The Morgan fingerprint density at radius 3 is 2.90 bits per heavy atom. The van der Waals surface area contributed by atoms with Crippen LogP contribution in [0.25, 0.3) is 11.5 Å². The molecule has 0 aliphatic carbocycles. The maximum Gasteiger partial charge on any atom is 0.260 e. The first-order chi connectivity index (χ1) is 9.95. The number of ether oxygens (including phenoxy) is 1. The highest BCUT2D eigenvalue weighted by Crippen LogP contribution is 2.25. The predicted molar refractivity (Wildman–Crippen MR) is 77.1 cm³/mol. The smallest absolute Gasteiger partial charge is 0.260 e. The van der Waals surface area contributed by atoms with Gasteiger partial charge in [0.15, 0.2) is 5.82 Å². The van der Waals surface area contributed by atoms with Gasteiger partial charge in [-0.15, -0.1) is 0 Å². The maximum absolute atomic E-state index is 14.1. The van der Waals surface area contributed by atoms with E-state index in [0.29, 0.717) is 18.0 Å². The summed E-state index contributed by atoms with van der Waals surface area (Å²) in [5, 5.41) is 3.86. The topological polar surface area (TPSA) is 74.2 Å². The van der Waals surface area contributed by atoms with Crippen LogP contribution in [0.1, 0.15) is 31.7 Å². The second-order valence-corrected chi connectivity index (χ2v) is 5.33. The predicted octanol–water partition coefficient (Wildman–Crippen LogP) is 2.78. The summed E-state index contributed by atoms with van der Waals surface area (Å²) in [5.41, 5.74) is 6.06. The minimum absolute atomic E-state index is 0.123. The molecule has 2 aromatic rings. The normalized spacial score (nSPS) is 14.1. The van der Waals surface area contributed by atoms with Crippen molar-refractivity contribution in [2.75, 3.05) is 13.2 Å². The van der Waals surface area contributed by atoms with Gasteiger partial charge in [0, 0.05) is 6.61 Å². The van der Waals surface area contributed by atoms with Gasteiger partial charge in [0.25, 0.3) is 5.89 Å². The number of nitrogens with zero attached hydrogens (tertiary/aromatic N) is 2. The van der Waals surface area contributed by atoms with E-state index in [9.17, 15) is 4.39 Å². The Bertz CT molecular complexity index is 611. The van der Waals surface area contributed by atoms with Crippen molar-refractivity contribution in [2.45, 2.75) is 32.7 Å². The molecule has 0 radical (unpaired) electrons. The second-order valence-electron chi connectivity index (χ2n) is 5.33. The van der Waals surface area contributed by atoms with Crippen molar-refractivity contribution in [3.05, 3.63) is 35.4 Å². The fourth-order valence-electron chi connectivity index (χ4n) is 1.87. The number of halogens is 1. The zero-order chi connectivity index (χ0) is 15.5. The fraction of sp³-hybridized carbons (Fsp3) is 0.467. The first-order valence-electron chi connectivity index (χ1n) is 6.92. The summed E-state index contributed by atoms with van der Waals surface area (Å²) >= 11 is 0. The lowest BCUT2D eigenvalue weighted by molar-refractivity contribution is 0.0867. The molecule has 1 heterocycles. The van der Waals surface area contributed by atoms with Crippen LogP contribution >= 0.6 is 0 Å². The molecule has 2 rings (SSSR count). The van der Waals surface area contributed by atoms with Gasteiger partial charge >= 0.3 is 0 Å². The van der Waals surface area contributed by atoms with Crippen LogP contribution in [0, 0.1) is 12.7 Å². The molecule has 0 saturated heterocycles. The third-order valence-electron chi connectivity index (χ3n) is 3.11. The summed E-state index contributed by atoms with van der Waals surface area (Å²) in [4.78, 5) is 4.21. The Hall–Kier alpha value is -1.79. The number of aromatic nitrogens is 2. The van der Waals surface area contributed by atoms with E-state index < -0.39 is 5.54 Å². The highest BCUT2D eigenvalue weighted by molar-refractivity contribution is 5.55. The van der Waals surface area contributed by atoms with Crippen LogP contribution in [0.4, 0.5) is 4.39 Å². The minimum atomic E-state index is -0.878. The SMILES string of the molecule is CCCOCC(C)(N)c1noc(-c2cccc(C)c2F)n1. The lowest BCUT2D eigenvalue weighted by atomic mass is 10.1. The van der Waals surface area contributed by atoms with Gasteiger partial charge in [-0.25, -0.2) is 4.39 Å². The van der Waals surface area contributed by atoms with Crippen LogP contribution in [0.15, 0.2) is 22.7 Å². The average molecular weight is 293 g/mol. The molecule has 0 saturated carbocycles. The Morgan fingerprint density at radius 1 is 1.43 bits per heavy atom. The molecule has 1 unspecified atom stereocenters. The molecule has 0 amide bonds. The van der Waals surface area contributed by atoms with Crippen molar-refractivity contribution in [1.82, 2.24) is 10.1 Å². The molecular weight excluding hydrogens is 273 g/mol. The number of rotatable bonds is 6. The number of hydrogen-bond donors (Lipinski definition) is 1. The lowest BCUT2D eigenvalue weighted by Crippen LogP contribution is -2.39. The van der Waals surface area contributed by atoms with Gasteiger partial charge in [-0.2, -0.15) is 4.98 Å². The highest BCUT2D eigenvalue weighted by Gasteiger charge is 2.28. The van der Waals surface area contributed by atoms with Crippen LogP contribution in [0.2, 0.25) is 0 Å². The molecule has 0 bridgehead atoms. The third kappa shape index (κ3) is 3.46. The van der Waals surface area contributed by atoms with Gasteiger partial charge < -0.3 is 15.0 Å². The second kappa shape index (κ2) is 6.32. The van der Waals surface area contributed by atoms with Crippen LogP contribution in [-0.2, 0) is 10.3 Å². The molecule has 5 nitrogen and oxygen atoms in total. The van der Waals surface area contributed by atoms with Crippen LogP contribution < -0.4 is 5.73 Å². The Kier molecular flexibility index (Phi) is 4.69. The first-order valence-corrected chi connectivity index (χ1v) is 6.92. The first kappa shape index (κ1) is 15.6. The van der Waals surface area contributed by atoms with E-state index in [1.165, 1.54) is 0 Å². The quantitative estimate of drug-likeness (QED) is 0.829. The van der Waals surface area contributed by atoms with E-state index in [4.69, 9.17) is 15.0 Å². The highest BCUT2D eigenvalue weighted by atomic mass is 19.1. The molecule has 114 valence electrons. The van der Waals surface area contributed by atoms with Crippen molar-refractivity contribution in [3.63, 3.8) is 0 Å². The van der Waals surface area contributed by atoms with Gasteiger partial charge in [0.1, 0.15) is 11.4 Å². The zero-order valence-electron chi connectivity index (χ0n) is 12.5. The summed E-state index contributed by atoms with van der Waals surface area (Å²) in [6, 6.07) is 5.02. The van der Waals surface area contributed by atoms with E-state index in [2.05, 4.69) is 10.1 Å². The molecule has 1 aromatic heterocycles. The molecule has 0 aliphatic heterocycles. The Labute approximate surface area is 123 Å². The standard InChI is InChI=1S/C15H20FN3O2/c1-4-8-20-9-15(3,17)14-18-13(21-19-14)11-7-5-6-10(2)12(11)16/h5-7H,4,8-9,17H2,1-3H3. The number of nitrogens with two attached hydrogens (primary N) is 1. The average Bonchev–Trinajstić information content (AvgIpc) is 2.92. The molecule has 2 N–H and O–H groups in total. The van der Waals surface area contributed by atoms with Crippen LogP contribution in [0.5, 0.6) is 0 Å². The molecular formula is C15H20FN3O2. The fourth-order valence-corrected chi connectivity index (χ4v) is 1.87. The summed E-state index contributed by atoms with van der Waals surface area (Å²) in [6.07, 6.45) is 0.905. The molecule has 0 aliphatic rings. The zero-order valence-corrected chi connectivity index (χ0v) is 12.5. The maximum atomic E-state index is 14.1. The lowest BCUT2D eigenvalue weighted by Gasteiger charge is -2.19. The molecule has 1 atom stereocenters. The van der Waals surface area contributed by atoms with E-state index in [1.54, 1.807) is 32.0 Å². The molecule has 1 aromatic carbocycles. The Balaban J connectivity index is 2.23. The van der Waals surface area contributed by atoms with Crippen LogP contribution in [0.3, 0.4) is 0 Å². The van der Waals surface area contributed by atoms with Gasteiger partial charge in [0.2, 0.25) is 0 Å². The molecule has 0 fully saturated rings. The largest absolute Gasteiger partial charge is 0.379 e. The molecule has 0 spiro atoms. The van der Waals surface area contributed by atoms with Gasteiger partial charge in [-0.3, -0.25) is 0 Å². The van der Waals surface area contributed by atoms with Crippen LogP contribution in [-0.4, -0.2) is 23.4 Å². The van der Waals surface area contributed by atoms with Crippen molar-refractivity contribution in [2.24, 2.45) is 5.73 Å². The summed E-state index contributed by atoms with van der Waals surface area (Å²) in [7, 11) is 0. The van der Waals surface area contributed by atoms with Crippen molar-refractivity contribution < 1.29 is 13.7 Å².